The molecule has 206 valence electrons. The summed E-state index contributed by atoms with van der Waals surface area (Å²) in [6.45, 7) is 10.1. The summed E-state index contributed by atoms with van der Waals surface area (Å²) in [5, 5.41) is 0. The maximum absolute atomic E-state index is 14.3. The first-order chi connectivity index (χ1) is 18.3. The van der Waals surface area contributed by atoms with Crippen molar-refractivity contribution in [2.75, 3.05) is 13.1 Å². The third kappa shape index (κ3) is 6.08. The quantitative estimate of drug-likeness (QED) is 0.199. The van der Waals surface area contributed by atoms with E-state index in [-0.39, 0.29) is 11.8 Å². The van der Waals surface area contributed by atoms with Gasteiger partial charge in [0.1, 0.15) is 0 Å². The predicted octanol–water partition coefficient (Wildman–Crippen LogP) is 9.57. The van der Waals surface area contributed by atoms with E-state index < -0.39 is 0 Å². The minimum atomic E-state index is -0.0218. The number of amides is 2. The molecule has 0 spiro atoms. The highest BCUT2D eigenvalue weighted by atomic mass is 79.9. The van der Waals surface area contributed by atoms with Crippen LogP contribution >= 0.6 is 54.5 Å². The number of fused-ring (bicyclic) bond motifs is 1. The zero-order valence-electron chi connectivity index (χ0n) is 22.8. The van der Waals surface area contributed by atoms with Crippen LogP contribution in [0.2, 0.25) is 0 Å². The van der Waals surface area contributed by atoms with Gasteiger partial charge in [-0.15, -0.1) is 22.7 Å². The molecule has 4 nitrogen and oxygen atoms in total. The minimum Gasteiger partial charge on any atom is -0.306 e. The molecule has 4 heterocycles. The van der Waals surface area contributed by atoms with E-state index in [2.05, 4.69) is 59.6 Å². The number of carbonyl (C=O) groups excluding carboxylic acids is 2. The van der Waals surface area contributed by atoms with Crippen LogP contribution in [0.15, 0.2) is 43.0 Å². The highest BCUT2D eigenvalue weighted by Crippen LogP contribution is 2.50. The van der Waals surface area contributed by atoms with Crippen molar-refractivity contribution in [1.29, 1.82) is 0 Å². The Morgan fingerprint density at radius 1 is 0.684 bits per heavy atom. The van der Waals surface area contributed by atoms with E-state index in [1.165, 1.54) is 0 Å². The zero-order chi connectivity index (χ0) is 27.4. The van der Waals surface area contributed by atoms with Crippen molar-refractivity contribution in [2.45, 2.75) is 79.1 Å². The topological polar surface area (TPSA) is 40.6 Å². The van der Waals surface area contributed by atoms with Gasteiger partial charge < -0.3 is 9.80 Å². The lowest BCUT2D eigenvalue weighted by molar-refractivity contribution is -0.124. The van der Waals surface area contributed by atoms with Crippen LogP contribution < -0.4 is 0 Å². The van der Waals surface area contributed by atoms with E-state index in [9.17, 15) is 9.59 Å². The van der Waals surface area contributed by atoms with Gasteiger partial charge in [-0.3, -0.25) is 9.59 Å². The summed E-state index contributed by atoms with van der Waals surface area (Å²) >= 11 is 10.4. The van der Waals surface area contributed by atoms with Crippen LogP contribution in [0.1, 0.15) is 88.8 Å². The van der Waals surface area contributed by atoms with E-state index >= 15 is 0 Å². The van der Waals surface area contributed by atoms with Gasteiger partial charge >= 0.3 is 0 Å². The van der Waals surface area contributed by atoms with Gasteiger partial charge in [0.25, 0.3) is 11.8 Å². The van der Waals surface area contributed by atoms with Crippen molar-refractivity contribution in [2.24, 2.45) is 11.8 Å². The Balaban J connectivity index is 1.86. The first kappa shape index (κ1) is 29.8. The summed E-state index contributed by atoms with van der Waals surface area (Å²) in [6, 6.07) is 8.11. The van der Waals surface area contributed by atoms with Crippen molar-refractivity contribution in [3.8, 4) is 0 Å². The molecule has 2 aliphatic rings. The Morgan fingerprint density at radius 3 is 1.37 bits per heavy atom. The Bertz CT molecular complexity index is 1130. The van der Waals surface area contributed by atoms with Crippen LogP contribution in [0.3, 0.4) is 0 Å². The minimum absolute atomic E-state index is 0.0218. The van der Waals surface area contributed by atoms with Crippen LogP contribution in [0.4, 0.5) is 0 Å². The molecule has 0 unspecified atom stereocenters. The lowest BCUT2D eigenvalue weighted by Crippen LogP contribution is -2.34. The molecule has 4 rings (SSSR count). The molecule has 8 heteroatoms. The standard InChI is InChI=1S/C30H38Br2N2O2S2/c1-5-9-11-19(7-3)17-33-27(21-13-15-23(31)37-21)25-26(29(33)35)28(22-14-16-24(32)38-22)34(30(25)36)18-20(8-4)12-10-6-2/h13-16,19-20H,5-12,17-18H2,1-4H3/t19-,20+. The molecule has 2 atom stereocenters. The second-order valence-electron chi connectivity index (χ2n) is 10.3. The average molecular weight is 683 g/mol. The number of thiophene rings is 2. The lowest BCUT2D eigenvalue weighted by Gasteiger charge is -2.29. The normalized spacial score (nSPS) is 17.3. The summed E-state index contributed by atoms with van der Waals surface area (Å²) in [7, 11) is 0. The maximum atomic E-state index is 14.3. The van der Waals surface area contributed by atoms with Gasteiger partial charge in [-0.25, -0.2) is 0 Å². The number of halogens is 2. The zero-order valence-corrected chi connectivity index (χ0v) is 27.6. The largest absolute Gasteiger partial charge is 0.306 e. The van der Waals surface area contributed by atoms with Gasteiger partial charge in [-0.05, 0) is 80.8 Å². The van der Waals surface area contributed by atoms with E-state index in [0.717, 1.165) is 80.1 Å². The molecule has 0 N–H and O–H groups in total. The van der Waals surface area contributed by atoms with Gasteiger partial charge in [0.15, 0.2) is 0 Å². The van der Waals surface area contributed by atoms with Crippen molar-refractivity contribution in [1.82, 2.24) is 9.80 Å². The molecule has 0 saturated heterocycles. The molecule has 2 aromatic rings. The molecular formula is C30H38Br2N2O2S2. The molecule has 38 heavy (non-hydrogen) atoms. The number of hydrogen-bond donors (Lipinski definition) is 0. The summed E-state index contributed by atoms with van der Waals surface area (Å²) < 4.78 is 2.00. The molecule has 0 bridgehead atoms. The maximum Gasteiger partial charge on any atom is 0.261 e. The highest BCUT2D eigenvalue weighted by Gasteiger charge is 2.49. The lowest BCUT2D eigenvalue weighted by atomic mass is 9.98. The predicted molar refractivity (Wildman–Crippen MR) is 168 cm³/mol. The molecule has 0 aliphatic carbocycles. The SMILES string of the molecule is CCCC[C@@H](CC)CN1C(=O)C2=C(c3ccc(Br)s3)N(C[C@@H](CC)CCCC)C(=O)C2=C1c1ccc(Br)s1. The van der Waals surface area contributed by atoms with Crippen molar-refractivity contribution < 1.29 is 9.59 Å². The summed E-state index contributed by atoms with van der Waals surface area (Å²) in [5.74, 6) is 0.765. The Morgan fingerprint density at radius 2 is 1.08 bits per heavy atom. The van der Waals surface area contributed by atoms with Crippen LogP contribution in [0.25, 0.3) is 11.4 Å². The number of hydrogen-bond acceptors (Lipinski definition) is 4. The smallest absolute Gasteiger partial charge is 0.261 e. The number of nitrogens with zero attached hydrogens (tertiary/aromatic N) is 2. The first-order valence-corrected chi connectivity index (χ1v) is 17.2. The van der Waals surface area contributed by atoms with Crippen LogP contribution in [-0.2, 0) is 9.59 Å². The highest BCUT2D eigenvalue weighted by molar-refractivity contribution is 9.11. The molecule has 0 fully saturated rings. The van der Waals surface area contributed by atoms with E-state index in [4.69, 9.17) is 0 Å². The number of unbranched alkanes of at least 4 members (excludes halogenated alkanes) is 2. The fraction of sp³-hybridized carbons (Fsp3) is 0.533. The molecule has 2 amide bonds. The second kappa shape index (κ2) is 13.4. The van der Waals surface area contributed by atoms with E-state index in [1.807, 2.05) is 34.1 Å². The first-order valence-electron chi connectivity index (χ1n) is 14.0. The summed E-state index contributed by atoms with van der Waals surface area (Å²) in [6.07, 6.45) is 8.79. The fourth-order valence-electron chi connectivity index (χ4n) is 5.49. The Kier molecular flexibility index (Phi) is 10.5. The van der Waals surface area contributed by atoms with Gasteiger partial charge in [-0.1, -0.05) is 66.2 Å². The van der Waals surface area contributed by atoms with Gasteiger partial charge in [-0.2, -0.15) is 0 Å². The molecule has 0 aromatic carbocycles. The van der Waals surface area contributed by atoms with Crippen LogP contribution in [0.5, 0.6) is 0 Å². The van der Waals surface area contributed by atoms with Crippen molar-refractivity contribution >= 4 is 77.7 Å². The van der Waals surface area contributed by atoms with Crippen LogP contribution in [0, 0.1) is 11.8 Å². The van der Waals surface area contributed by atoms with Gasteiger partial charge in [0, 0.05) is 13.1 Å². The summed E-state index contributed by atoms with van der Waals surface area (Å²) in [5.41, 5.74) is 2.80. The van der Waals surface area contributed by atoms with E-state index in [1.54, 1.807) is 22.7 Å². The van der Waals surface area contributed by atoms with E-state index in [0.29, 0.717) is 36.1 Å². The number of carbonyl (C=O) groups is 2. The monoisotopic (exact) mass is 680 g/mol. The molecular weight excluding hydrogens is 644 g/mol. The Labute approximate surface area is 252 Å². The molecule has 2 aliphatic heterocycles. The van der Waals surface area contributed by atoms with Crippen molar-refractivity contribution in [3.63, 3.8) is 0 Å². The van der Waals surface area contributed by atoms with Crippen LogP contribution in [-0.4, -0.2) is 34.7 Å². The second-order valence-corrected chi connectivity index (χ2v) is 15.2. The third-order valence-corrected chi connectivity index (χ3v) is 11.0. The number of rotatable bonds is 14. The third-order valence-electron chi connectivity index (χ3n) is 7.76. The van der Waals surface area contributed by atoms with Gasteiger partial charge in [0.2, 0.25) is 0 Å². The fourth-order valence-corrected chi connectivity index (χ4v) is 8.38. The molecule has 0 radical (unpaired) electrons. The average Bonchev–Trinajstić information content (AvgIpc) is 3.66. The summed E-state index contributed by atoms with van der Waals surface area (Å²) in [4.78, 5) is 34.5. The molecule has 0 saturated carbocycles. The molecule has 2 aromatic heterocycles. The van der Waals surface area contributed by atoms with Crippen molar-refractivity contribution in [3.05, 3.63) is 52.7 Å². The Hall–Kier alpha value is -1.22. The van der Waals surface area contributed by atoms with Gasteiger partial charge in [0.05, 0.1) is 39.9 Å².